The van der Waals surface area contributed by atoms with Gasteiger partial charge in [0, 0.05) is 10.6 Å². The Morgan fingerprint density at radius 2 is 1.60 bits per heavy atom. The standard InChI is InChI=1S/C14H11ClF2O2S/c15-13-7-12(16)6-5-10(13)8-20(18,19)9-11-3-1-2-4-14(11)17/h1-7H,8-9H2. The number of rotatable bonds is 4. The van der Waals surface area contributed by atoms with Crippen LogP contribution in [0.25, 0.3) is 0 Å². The van der Waals surface area contributed by atoms with Gasteiger partial charge in [0.25, 0.3) is 0 Å². The maximum Gasteiger partial charge on any atom is 0.158 e. The Bertz CT molecular complexity index is 730. The van der Waals surface area contributed by atoms with Crippen molar-refractivity contribution in [1.82, 2.24) is 0 Å². The molecule has 0 aromatic heterocycles. The second-order valence-corrected chi connectivity index (χ2v) is 6.83. The Morgan fingerprint density at radius 1 is 0.950 bits per heavy atom. The van der Waals surface area contributed by atoms with E-state index in [1.165, 1.54) is 24.3 Å². The molecule has 0 unspecified atom stereocenters. The first kappa shape index (κ1) is 14.9. The van der Waals surface area contributed by atoms with Crippen molar-refractivity contribution in [2.24, 2.45) is 0 Å². The van der Waals surface area contributed by atoms with Crippen molar-refractivity contribution in [1.29, 1.82) is 0 Å². The third kappa shape index (κ3) is 3.77. The molecule has 0 atom stereocenters. The normalized spacial score (nSPS) is 11.6. The lowest BCUT2D eigenvalue weighted by molar-refractivity contribution is 0.586. The van der Waals surface area contributed by atoms with Crippen LogP contribution >= 0.6 is 11.6 Å². The zero-order chi connectivity index (χ0) is 14.8. The molecule has 6 heteroatoms. The molecule has 2 aromatic rings. The Hall–Kier alpha value is -1.46. The molecule has 106 valence electrons. The topological polar surface area (TPSA) is 34.1 Å². The van der Waals surface area contributed by atoms with E-state index in [4.69, 9.17) is 11.6 Å². The minimum absolute atomic E-state index is 0.0436. The van der Waals surface area contributed by atoms with Gasteiger partial charge in [0.1, 0.15) is 11.6 Å². The minimum atomic E-state index is -3.59. The molecule has 20 heavy (non-hydrogen) atoms. The van der Waals surface area contributed by atoms with E-state index >= 15 is 0 Å². The highest BCUT2D eigenvalue weighted by Crippen LogP contribution is 2.21. The van der Waals surface area contributed by atoms with Crippen molar-refractivity contribution in [2.75, 3.05) is 0 Å². The molecule has 0 spiro atoms. The average Bonchev–Trinajstić information content (AvgIpc) is 2.35. The second kappa shape index (κ2) is 5.89. The van der Waals surface area contributed by atoms with Crippen molar-refractivity contribution >= 4 is 21.4 Å². The fraction of sp³-hybridized carbons (Fsp3) is 0.143. The SMILES string of the molecule is O=S(=O)(Cc1ccccc1F)Cc1ccc(F)cc1Cl. The van der Waals surface area contributed by atoms with Crippen molar-refractivity contribution in [3.63, 3.8) is 0 Å². The Balaban J connectivity index is 2.22. The maximum absolute atomic E-state index is 13.5. The van der Waals surface area contributed by atoms with Gasteiger partial charge in [0.05, 0.1) is 11.5 Å². The summed E-state index contributed by atoms with van der Waals surface area (Å²) in [7, 11) is -3.59. The summed E-state index contributed by atoms with van der Waals surface area (Å²) in [6.45, 7) is 0. The molecule has 0 heterocycles. The second-order valence-electron chi connectivity index (χ2n) is 4.36. The number of hydrogen-bond donors (Lipinski definition) is 0. The van der Waals surface area contributed by atoms with E-state index in [1.54, 1.807) is 6.07 Å². The number of benzene rings is 2. The first-order valence-electron chi connectivity index (χ1n) is 5.75. The fourth-order valence-electron chi connectivity index (χ4n) is 1.78. The summed E-state index contributed by atoms with van der Waals surface area (Å²) in [5.74, 6) is -1.89. The van der Waals surface area contributed by atoms with Gasteiger partial charge in [-0.15, -0.1) is 0 Å². The minimum Gasteiger partial charge on any atom is -0.228 e. The molecule has 0 aliphatic heterocycles. The number of hydrogen-bond acceptors (Lipinski definition) is 2. The summed E-state index contributed by atoms with van der Waals surface area (Å²) in [4.78, 5) is 0. The summed E-state index contributed by atoms with van der Waals surface area (Å²) < 4.78 is 50.4. The lowest BCUT2D eigenvalue weighted by Gasteiger charge is -2.07. The van der Waals surface area contributed by atoms with Gasteiger partial charge in [-0.3, -0.25) is 0 Å². The van der Waals surface area contributed by atoms with Gasteiger partial charge in [0.15, 0.2) is 9.84 Å². The van der Waals surface area contributed by atoms with Gasteiger partial charge in [-0.2, -0.15) is 0 Å². The molecule has 0 N–H and O–H groups in total. The predicted molar refractivity (Wildman–Crippen MR) is 74.1 cm³/mol. The summed E-state index contributed by atoms with van der Waals surface area (Å²) >= 11 is 5.79. The van der Waals surface area contributed by atoms with Crippen molar-refractivity contribution in [3.8, 4) is 0 Å². The summed E-state index contributed by atoms with van der Waals surface area (Å²) in [5.41, 5.74) is 0.398. The van der Waals surface area contributed by atoms with Gasteiger partial charge in [0.2, 0.25) is 0 Å². The highest BCUT2D eigenvalue weighted by Gasteiger charge is 2.17. The van der Waals surface area contributed by atoms with E-state index in [1.807, 2.05) is 0 Å². The molecule has 0 aliphatic carbocycles. The van der Waals surface area contributed by atoms with E-state index in [9.17, 15) is 17.2 Å². The van der Waals surface area contributed by atoms with Crippen LogP contribution in [-0.2, 0) is 21.3 Å². The first-order valence-corrected chi connectivity index (χ1v) is 7.95. The Labute approximate surface area is 120 Å². The van der Waals surface area contributed by atoms with Crippen molar-refractivity contribution in [2.45, 2.75) is 11.5 Å². The van der Waals surface area contributed by atoms with Gasteiger partial charge in [-0.25, -0.2) is 17.2 Å². The molecule has 2 nitrogen and oxygen atoms in total. The monoisotopic (exact) mass is 316 g/mol. The summed E-state index contributed by atoms with van der Waals surface area (Å²) in [5, 5.41) is 0.0436. The molecule has 0 aliphatic rings. The molecule has 0 radical (unpaired) electrons. The third-order valence-corrected chi connectivity index (χ3v) is 4.58. The highest BCUT2D eigenvalue weighted by atomic mass is 35.5. The van der Waals surface area contributed by atoms with Gasteiger partial charge in [-0.05, 0) is 23.8 Å². The van der Waals surface area contributed by atoms with E-state index < -0.39 is 27.2 Å². The van der Waals surface area contributed by atoms with Crippen LogP contribution in [0.1, 0.15) is 11.1 Å². The molecular formula is C14H11ClF2O2S. The smallest absolute Gasteiger partial charge is 0.158 e. The fourth-order valence-corrected chi connectivity index (χ4v) is 3.63. The van der Waals surface area contributed by atoms with Crippen LogP contribution < -0.4 is 0 Å². The molecule has 0 saturated carbocycles. The largest absolute Gasteiger partial charge is 0.228 e. The van der Waals surface area contributed by atoms with E-state index in [-0.39, 0.29) is 16.3 Å². The predicted octanol–water partition coefficient (Wildman–Crippen LogP) is 3.73. The molecule has 2 rings (SSSR count). The van der Waals surface area contributed by atoms with Crippen LogP contribution in [0.15, 0.2) is 42.5 Å². The van der Waals surface area contributed by atoms with Crippen LogP contribution in [0.2, 0.25) is 5.02 Å². The Kier molecular flexibility index (Phi) is 4.40. The van der Waals surface area contributed by atoms with Crippen LogP contribution in [0, 0.1) is 11.6 Å². The highest BCUT2D eigenvalue weighted by molar-refractivity contribution is 7.89. The van der Waals surface area contributed by atoms with Crippen molar-refractivity contribution in [3.05, 3.63) is 70.2 Å². The zero-order valence-corrected chi connectivity index (χ0v) is 11.9. The quantitative estimate of drug-likeness (QED) is 0.861. The van der Waals surface area contributed by atoms with Crippen molar-refractivity contribution < 1.29 is 17.2 Å². The lowest BCUT2D eigenvalue weighted by Crippen LogP contribution is -2.09. The molecular weight excluding hydrogens is 306 g/mol. The van der Waals surface area contributed by atoms with E-state index in [0.29, 0.717) is 5.56 Å². The van der Waals surface area contributed by atoms with Crippen LogP contribution in [0.5, 0.6) is 0 Å². The van der Waals surface area contributed by atoms with Crippen LogP contribution in [0.4, 0.5) is 8.78 Å². The molecule has 0 amide bonds. The van der Waals surface area contributed by atoms with Gasteiger partial charge in [-0.1, -0.05) is 35.9 Å². The molecule has 2 aromatic carbocycles. The molecule has 0 fully saturated rings. The first-order chi connectivity index (χ1) is 9.37. The lowest BCUT2D eigenvalue weighted by atomic mass is 10.2. The van der Waals surface area contributed by atoms with E-state index in [2.05, 4.69) is 0 Å². The summed E-state index contributed by atoms with van der Waals surface area (Å²) in [6, 6.07) is 9.18. The zero-order valence-electron chi connectivity index (χ0n) is 10.3. The molecule has 0 saturated heterocycles. The number of halogens is 3. The van der Waals surface area contributed by atoms with Crippen LogP contribution in [0.3, 0.4) is 0 Å². The molecule has 0 bridgehead atoms. The van der Waals surface area contributed by atoms with Gasteiger partial charge < -0.3 is 0 Å². The van der Waals surface area contributed by atoms with E-state index in [0.717, 1.165) is 12.1 Å². The van der Waals surface area contributed by atoms with Gasteiger partial charge >= 0.3 is 0 Å². The van der Waals surface area contributed by atoms with Crippen LogP contribution in [-0.4, -0.2) is 8.42 Å². The number of sulfone groups is 1. The Morgan fingerprint density at radius 3 is 2.25 bits per heavy atom. The third-order valence-electron chi connectivity index (χ3n) is 2.72. The summed E-state index contributed by atoms with van der Waals surface area (Å²) in [6.07, 6.45) is 0. The average molecular weight is 317 g/mol. The maximum atomic E-state index is 13.5.